The number of ether oxygens (including phenoxy) is 2. The van der Waals surface area contributed by atoms with E-state index in [0.717, 1.165) is 42.5 Å². The molecule has 0 aromatic heterocycles. The molecule has 0 spiro atoms. The Labute approximate surface area is 149 Å². The predicted octanol–water partition coefficient (Wildman–Crippen LogP) is 2.67. The third-order valence-corrected chi connectivity index (χ3v) is 3.07. The van der Waals surface area contributed by atoms with Crippen LogP contribution in [-0.2, 0) is 4.79 Å². The number of benzene rings is 2. The Balaban J connectivity index is 1.95. The molecule has 0 saturated heterocycles. The highest BCUT2D eigenvalue weighted by Crippen LogP contribution is 2.27. The van der Waals surface area contributed by atoms with Crippen LogP contribution < -0.4 is 14.8 Å². The lowest BCUT2D eigenvalue weighted by Gasteiger charge is -2.08. The highest BCUT2D eigenvalue weighted by Gasteiger charge is 2.18. The minimum Gasteiger partial charge on any atom is -0.477 e. The molecule has 0 aliphatic rings. The zero-order chi connectivity index (χ0) is 20.0. The molecule has 27 heavy (non-hydrogen) atoms. The number of alkyl halides is 2. The van der Waals surface area contributed by atoms with Crippen LogP contribution in [-0.4, -0.2) is 30.0 Å². The lowest BCUT2D eigenvalue weighted by Crippen LogP contribution is -2.34. The third-order valence-electron chi connectivity index (χ3n) is 3.07. The van der Waals surface area contributed by atoms with Gasteiger partial charge in [0, 0.05) is 17.7 Å². The van der Waals surface area contributed by atoms with Crippen LogP contribution in [0.1, 0.15) is 10.4 Å². The maximum absolute atomic E-state index is 13.2. The first-order valence-electron chi connectivity index (χ1n) is 7.22. The van der Waals surface area contributed by atoms with E-state index in [4.69, 9.17) is 4.74 Å². The Morgan fingerprint density at radius 2 is 1.81 bits per heavy atom. The second-order valence-electron chi connectivity index (χ2n) is 4.94. The van der Waals surface area contributed by atoms with Gasteiger partial charge in [-0.2, -0.15) is 8.78 Å². The first-order chi connectivity index (χ1) is 12.8. The van der Waals surface area contributed by atoms with E-state index in [9.17, 15) is 32.9 Å². The molecule has 1 N–H and O–H groups in total. The average Bonchev–Trinajstić information content (AvgIpc) is 2.59. The number of nitro groups is 1. The molecule has 0 fully saturated rings. The van der Waals surface area contributed by atoms with Gasteiger partial charge in [0.2, 0.25) is 5.75 Å². The molecule has 0 unspecified atom stereocenters. The van der Waals surface area contributed by atoms with Gasteiger partial charge in [-0.25, -0.2) is 4.39 Å². The second kappa shape index (κ2) is 8.65. The van der Waals surface area contributed by atoms with E-state index < -0.39 is 47.2 Å². The molecular formula is C16H11F3N2O6. The average molecular weight is 384 g/mol. The van der Waals surface area contributed by atoms with Crippen molar-refractivity contribution in [3.8, 4) is 11.5 Å². The van der Waals surface area contributed by atoms with Gasteiger partial charge in [-0.15, -0.1) is 0 Å². The summed E-state index contributed by atoms with van der Waals surface area (Å²) < 4.78 is 46.3. The van der Waals surface area contributed by atoms with E-state index in [1.165, 1.54) is 0 Å². The molecule has 2 aromatic carbocycles. The summed E-state index contributed by atoms with van der Waals surface area (Å²) in [4.78, 5) is 33.6. The number of hydrogen-bond acceptors (Lipinski definition) is 6. The first-order valence-corrected chi connectivity index (χ1v) is 7.22. The molecule has 0 atom stereocenters. The van der Waals surface area contributed by atoms with Gasteiger partial charge in [-0.05, 0) is 30.3 Å². The lowest BCUT2D eigenvalue weighted by atomic mass is 10.2. The maximum Gasteiger partial charge on any atom is 0.387 e. The number of amides is 2. The molecule has 2 amide bonds. The zero-order valence-electron chi connectivity index (χ0n) is 13.4. The predicted molar refractivity (Wildman–Crippen MR) is 84.1 cm³/mol. The molecular weight excluding hydrogens is 373 g/mol. The number of hydrogen-bond donors (Lipinski definition) is 1. The normalized spacial score (nSPS) is 10.4. The second-order valence-corrected chi connectivity index (χ2v) is 4.94. The van der Waals surface area contributed by atoms with Gasteiger partial charge in [-0.1, -0.05) is 0 Å². The summed E-state index contributed by atoms with van der Waals surface area (Å²) in [5, 5.41) is 12.8. The van der Waals surface area contributed by atoms with Crippen molar-refractivity contribution < 1.29 is 37.2 Å². The van der Waals surface area contributed by atoms with Crippen LogP contribution in [0.2, 0.25) is 0 Å². The molecule has 142 valence electrons. The van der Waals surface area contributed by atoms with E-state index in [1.807, 2.05) is 5.32 Å². The highest BCUT2D eigenvalue weighted by molar-refractivity contribution is 6.05. The summed E-state index contributed by atoms with van der Waals surface area (Å²) in [5.74, 6) is -3.27. The number of rotatable bonds is 7. The van der Waals surface area contributed by atoms with Gasteiger partial charge in [0.15, 0.2) is 6.61 Å². The summed E-state index contributed by atoms with van der Waals surface area (Å²) >= 11 is 0. The Morgan fingerprint density at radius 1 is 1.15 bits per heavy atom. The fourth-order valence-corrected chi connectivity index (χ4v) is 1.92. The van der Waals surface area contributed by atoms with Crippen LogP contribution in [0.15, 0.2) is 42.5 Å². The molecule has 0 bridgehead atoms. The van der Waals surface area contributed by atoms with Crippen molar-refractivity contribution in [2.45, 2.75) is 6.61 Å². The van der Waals surface area contributed by atoms with Crippen LogP contribution >= 0.6 is 0 Å². The molecule has 11 heteroatoms. The van der Waals surface area contributed by atoms with Gasteiger partial charge < -0.3 is 9.47 Å². The fraction of sp³-hybridized carbons (Fsp3) is 0.125. The standard InChI is InChI=1S/C16H11F3N2O6/c17-10-3-6-12(21(24)25)13(7-10)26-8-14(22)20-15(23)9-1-4-11(5-2-9)27-16(18)19/h1-7,16H,8H2,(H,20,22,23). The van der Waals surface area contributed by atoms with Crippen molar-refractivity contribution in [3.63, 3.8) is 0 Å². The summed E-state index contributed by atoms with van der Waals surface area (Å²) in [6.07, 6.45) is 0. The van der Waals surface area contributed by atoms with Crippen molar-refractivity contribution >= 4 is 17.5 Å². The number of nitro benzene ring substituents is 1. The van der Waals surface area contributed by atoms with Crippen molar-refractivity contribution in [2.75, 3.05) is 6.61 Å². The molecule has 0 aliphatic carbocycles. The van der Waals surface area contributed by atoms with E-state index in [-0.39, 0.29) is 11.3 Å². The van der Waals surface area contributed by atoms with E-state index in [1.54, 1.807) is 0 Å². The Kier molecular flexibility index (Phi) is 6.31. The van der Waals surface area contributed by atoms with Crippen molar-refractivity contribution in [3.05, 3.63) is 64.0 Å². The molecule has 8 nitrogen and oxygen atoms in total. The smallest absolute Gasteiger partial charge is 0.387 e. The highest BCUT2D eigenvalue weighted by atomic mass is 19.3. The number of halogens is 3. The lowest BCUT2D eigenvalue weighted by molar-refractivity contribution is -0.385. The first kappa shape index (κ1) is 19.7. The number of carbonyl (C=O) groups excluding carboxylic acids is 2. The SMILES string of the molecule is O=C(COc1cc(F)ccc1[N+](=O)[O-])NC(=O)c1ccc(OC(F)F)cc1. The van der Waals surface area contributed by atoms with Crippen LogP contribution in [0, 0.1) is 15.9 Å². The molecule has 0 heterocycles. The van der Waals surface area contributed by atoms with Crippen molar-refractivity contribution in [1.82, 2.24) is 5.32 Å². The molecule has 2 rings (SSSR count). The van der Waals surface area contributed by atoms with Gasteiger partial charge in [0.1, 0.15) is 11.6 Å². The summed E-state index contributed by atoms with van der Waals surface area (Å²) in [6.45, 7) is -3.81. The van der Waals surface area contributed by atoms with Gasteiger partial charge in [0.05, 0.1) is 4.92 Å². The molecule has 0 aliphatic heterocycles. The van der Waals surface area contributed by atoms with Crippen molar-refractivity contribution in [1.29, 1.82) is 0 Å². The Bertz CT molecular complexity index is 858. The minimum absolute atomic E-state index is 0.0262. The van der Waals surface area contributed by atoms with Crippen LogP contribution in [0.25, 0.3) is 0 Å². The van der Waals surface area contributed by atoms with Crippen LogP contribution in [0.4, 0.5) is 18.9 Å². The van der Waals surface area contributed by atoms with Gasteiger partial charge >= 0.3 is 12.3 Å². The Morgan fingerprint density at radius 3 is 2.41 bits per heavy atom. The summed E-state index contributed by atoms with van der Waals surface area (Å²) in [5.41, 5.74) is -0.577. The molecule has 2 aromatic rings. The van der Waals surface area contributed by atoms with E-state index >= 15 is 0 Å². The summed E-state index contributed by atoms with van der Waals surface area (Å²) in [6, 6.07) is 6.98. The maximum atomic E-state index is 13.2. The number of imide groups is 1. The topological polar surface area (TPSA) is 108 Å². The number of carbonyl (C=O) groups is 2. The zero-order valence-corrected chi connectivity index (χ0v) is 13.4. The number of nitrogens with zero attached hydrogens (tertiary/aromatic N) is 1. The largest absolute Gasteiger partial charge is 0.477 e. The summed E-state index contributed by atoms with van der Waals surface area (Å²) in [7, 11) is 0. The quantitative estimate of drug-likeness (QED) is 0.581. The monoisotopic (exact) mass is 384 g/mol. The van der Waals surface area contributed by atoms with Gasteiger partial charge in [-0.3, -0.25) is 25.0 Å². The van der Waals surface area contributed by atoms with Crippen LogP contribution in [0.5, 0.6) is 11.5 Å². The van der Waals surface area contributed by atoms with E-state index in [2.05, 4.69) is 4.74 Å². The number of nitrogens with one attached hydrogen (secondary N) is 1. The van der Waals surface area contributed by atoms with Crippen LogP contribution in [0.3, 0.4) is 0 Å². The van der Waals surface area contributed by atoms with E-state index in [0.29, 0.717) is 0 Å². The fourth-order valence-electron chi connectivity index (χ4n) is 1.92. The molecule has 0 radical (unpaired) electrons. The molecule has 0 saturated carbocycles. The van der Waals surface area contributed by atoms with Gasteiger partial charge in [0.25, 0.3) is 11.8 Å². The minimum atomic E-state index is -3.02. The van der Waals surface area contributed by atoms with Crippen molar-refractivity contribution in [2.24, 2.45) is 0 Å². The third kappa shape index (κ3) is 5.70. The Hall–Kier alpha value is -3.63.